The molecule has 2 nitrogen and oxygen atoms in total. The first-order valence-electron chi connectivity index (χ1n) is 6.19. The van der Waals surface area contributed by atoms with Crippen LogP contribution in [0.2, 0.25) is 0 Å². The van der Waals surface area contributed by atoms with Crippen LogP contribution in [0.5, 0.6) is 0 Å². The fraction of sp³-hybridized carbons (Fsp3) is 0.500. The quantitative estimate of drug-likeness (QED) is 0.817. The summed E-state index contributed by atoms with van der Waals surface area (Å²) in [6.45, 7) is 0. The summed E-state index contributed by atoms with van der Waals surface area (Å²) >= 11 is 0. The Morgan fingerprint density at radius 3 is 2.71 bits per heavy atom. The number of Topliss-reactive ketones (excluding diaryl/α,β-unsaturated/α-hetero) is 1. The van der Waals surface area contributed by atoms with E-state index in [0.717, 1.165) is 25.0 Å². The lowest BCUT2D eigenvalue weighted by molar-refractivity contribution is -0.119. The van der Waals surface area contributed by atoms with Crippen LogP contribution in [0, 0.1) is 5.92 Å². The third-order valence-electron chi connectivity index (χ3n) is 4.06. The first-order chi connectivity index (χ1) is 8.23. The number of benzene rings is 1. The summed E-state index contributed by atoms with van der Waals surface area (Å²) < 4.78 is 11.5. The molecule has 3 atom stereocenters. The van der Waals surface area contributed by atoms with Gasteiger partial charge in [0, 0.05) is 23.0 Å². The fourth-order valence-corrected chi connectivity index (χ4v) is 5.03. The van der Waals surface area contributed by atoms with E-state index in [1.165, 1.54) is 5.56 Å². The van der Waals surface area contributed by atoms with E-state index < -0.39 is 15.5 Å². The van der Waals surface area contributed by atoms with Crippen molar-refractivity contribution < 1.29 is 9.00 Å². The largest absolute Gasteiger partial charge is 0.298 e. The highest BCUT2D eigenvalue weighted by Gasteiger charge is 2.66. The van der Waals surface area contributed by atoms with Gasteiger partial charge in [0.15, 0.2) is 5.78 Å². The van der Waals surface area contributed by atoms with Gasteiger partial charge in [-0.15, -0.1) is 0 Å². The molecule has 0 aromatic heterocycles. The molecule has 1 aromatic carbocycles. The van der Waals surface area contributed by atoms with Gasteiger partial charge < -0.3 is 0 Å². The summed E-state index contributed by atoms with van der Waals surface area (Å²) in [5.41, 5.74) is 1.19. The molecule has 3 rings (SSSR count). The van der Waals surface area contributed by atoms with Gasteiger partial charge in [-0.25, -0.2) is 0 Å². The van der Waals surface area contributed by atoms with Crippen LogP contribution < -0.4 is 0 Å². The van der Waals surface area contributed by atoms with Gasteiger partial charge in [-0.1, -0.05) is 30.3 Å². The van der Waals surface area contributed by atoms with Crippen molar-refractivity contribution in [3.8, 4) is 0 Å². The van der Waals surface area contributed by atoms with Crippen molar-refractivity contribution in [3.63, 3.8) is 0 Å². The number of carbonyl (C=O) groups is 1. The summed E-state index contributed by atoms with van der Waals surface area (Å²) in [7, 11) is -0.890. The minimum absolute atomic E-state index is 0.238. The normalized spacial score (nSPS) is 34.4. The number of aryl methyl sites for hydroxylation is 1. The van der Waals surface area contributed by atoms with Crippen molar-refractivity contribution in [3.05, 3.63) is 35.9 Å². The zero-order valence-electron chi connectivity index (χ0n) is 9.72. The third-order valence-corrected chi connectivity index (χ3v) is 6.21. The molecule has 17 heavy (non-hydrogen) atoms. The average molecular weight is 248 g/mol. The van der Waals surface area contributed by atoms with E-state index in [-0.39, 0.29) is 5.78 Å². The van der Waals surface area contributed by atoms with E-state index in [4.69, 9.17) is 0 Å². The molecule has 1 heterocycles. The molecule has 1 unspecified atom stereocenters. The number of hydrogen-bond acceptors (Lipinski definition) is 2. The Labute approximate surface area is 104 Å². The van der Waals surface area contributed by atoms with Gasteiger partial charge >= 0.3 is 0 Å². The molecular formula is C14H16O2S. The number of hydrogen-bond donors (Lipinski definition) is 0. The molecule has 0 amide bonds. The summed E-state index contributed by atoms with van der Waals surface area (Å²) in [5, 5.41) is 0. The lowest BCUT2D eigenvalue weighted by Crippen LogP contribution is -2.28. The highest BCUT2D eigenvalue weighted by atomic mass is 32.2. The SMILES string of the molecule is O=C(CCc1ccccc1)[C@@]12C[C@@H]1CCS2=O. The van der Waals surface area contributed by atoms with Crippen molar-refractivity contribution in [2.75, 3.05) is 5.75 Å². The number of fused-ring (bicyclic) bond motifs is 1. The second-order valence-corrected chi connectivity index (χ2v) is 6.87. The predicted octanol–water partition coefficient (Wildman–Crippen LogP) is 2.10. The van der Waals surface area contributed by atoms with Gasteiger partial charge in [-0.05, 0) is 30.7 Å². The summed E-state index contributed by atoms with van der Waals surface area (Å²) in [4.78, 5) is 12.2. The van der Waals surface area contributed by atoms with Crippen molar-refractivity contribution in [2.45, 2.75) is 30.4 Å². The van der Waals surface area contributed by atoms with Crippen LogP contribution in [-0.4, -0.2) is 20.5 Å². The molecule has 1 aliphatic carbocycles. The maximum Gasteiger partial charge on any atom is 0.152 e. The first kappa shape index (κ1) is 11.1. The summed E-state index contributed by atoms with van der Waals surface area (Å²) in [6, 6.07) is 10.0. The predicted molar refractivity (Wildman–Crippen MR) is 68.2 cm³/mol. The molecule has 0 bridgehead atoms. The van der Waals surface area contributed by atoms with Crippen LogP contribution in [0.15, 0.2) is 30.3 Å². The Morgan fingerprint density at radius 1 is 1.35 bits per heavy atom. The molecule has 1 aromatic rings. The van der Waals surface area contributed by atoms with E-state index in [1.807, 2.05) is 30.3 Å². The highest BCUT2D eigenvalue weighted by Crippen LogP contribution is 2.57. The molecule has 0 spiro atoms. The zero-order valence-corrected chi connectivity index (χ0v) is 10.5. The van der Waals surface area contributed by atoms with E-state index in [0.29, 0.717) is 12.3 Å². The molecular weight excluding hydrogens is 232 g/mol. The molecule has 1 saturated carbocycles. The molecule has 2 aliphatic rings. The Bertz CT molecular complexity index is 468. The summed E-state index contributed by atoms with van der Waals surface area (Å²) in [5.74, 6) is 1.41. The Balaban J connectivity index is 1.64. The topological polar surface area (TPSA) is 34.1 Å². The molecule has 1 saturated heterocycles. The minimum Gasteiger partial charge on any atom is -0.298 e. The van der Waals surface area contributed by atoms with Crippen molar-refractivity contribution in [2.24, 2.45) is 5.92 Å². The standard InChI is InChI=1S/C14H16O2S/c15-13(7-6-11-4-2-1-3-5-11)14-10-12(14)8-9-17(14)16/h1-5,12H,6-10H2/t12-,14+,17?/m0/s1. The monoisotopic (exact) mass is 248 g/mol. The number of ketones is 1. The lowest BCUT2D eigenvalue weighted by Gasteiger charge is -2.10. The van der Waals surface area contributed by atoms with Gasteiger partial charge in [0.2, 0.25) is 0 Å². The molecule has 0 N–H and O–H groups in total. The average Bonchev–Trinajstić information content (AvgIpc) is 3.02. The van der Waals surface area contributed by atoms with Crippen LogP contribution in [0.25, 0.3) is 0 Å². The van der Waals surface area contributed by atoms with Crippen LogP contribution >= 0.6 is 0 Å². The highest BCUT2D eigenvalue weighted by molar-refractivity contribution is 7.88. The number of rotatable bonds is 4. The van der Waals surface area contributed by atoms with Gasteiger partial charge in [-0.3, -0.25) is 9.00 Å². The third kappa shape index (κ3) is 1.77. The lowest BCUT2D eigenvalue weighted by atomic mass is 10.0. The smallest absolute Gasteiger partial charge is 0.152 e. The fourth-order valence-electron chi connectivity index (χ4n) is 2.94. The zero-order chi connectivity index (χ0) is 11.9. The second-order valence-electron chi connectivity index (χ2n) is 5.04. The van der Waals surface area contributed by atoms with Gasteiger partial charge in [-0.2, -0.15) is 0 Å². The van der Waals surface area contributed by atoms with Crippen LogP contribution in [0.1, 0.15) is 24.8 Å². The molecule has 3 heteroatoms. The van der Waals surface area contributed by atoms with Crippen molar-refractivity contribution in [1.82, 2.24) is 0 Å². The first-order valence-corrected chi connectivity index (χ1v) is 7.51. The Kier molecular flexibility index (Phi) is 2.66. The van der Waals surface area contributed by atoms with Gasteiger partial charge in [0.05, 0.1) is 0 Å². The molecule has 90 valence electrons. The second kappa shape index (κ2) is 4.05. The van der Waals surface area contributed by atoms with E-state index in [9.17, 15) is 9.00 Å². The maximum absolute atomic E-state index is 12.2. The van der Waals surface area contributed by atoms with E-state index in [2.05, 4.69) is 0 Å². The van der Waals surface area contributed by atoms with Crippen molar-refractivity contribution in [1.29, 1.82) is 0 Å². The number of carbonyl (C=O) groups excluding carboxylic acids is 1. The summed E-state index contributed by atoms with van der Waals surface area (Å²) in [6.07, 6.45) is 3.20. The maximum atomic E-state index is 12.2. The minimum atomic E-state index is -0.890. The van der Waals surface area contributed by atoms with E-state index >= 15 is 0 Å². The Morgan fingerprint density at radius 2 is 2.12 bits per heavy atom. The van der Waals surface area contributed by atoms with Gasteiger partial charge in [0.25, 0.3) is 0 Å². The van der Waals surface area contributed by atoms with Crippen LogP contribution in [-0.2, 0) is 22.0 Å². The van der Waals surface area contributed by atoms with Crippen molar-refractivity contribution >= 4 is 16.6 Å². The molecule has 1 aliphatic heterocycles. The molecule has 2 fully saturated rings. The van der Waals surface area contributed by atoms with Crippen LogP contribution in [0.3, 0.4) is 0 Å². The van der Waals surface area contributed by atoms with Gasteiger partial charge in [0.1, 0.15) is 4.75 Å². The molecule has 0 radical (unpaired) electrons. The van der Waals surface area contributed by atoms with E-state index in [1.54, 1.807) is 0 Å². The van der Waals surface area contributed by atoms with Crippen LogP contribution in [0.4, 0.5) is 0 Å². The Hall–Kier alpha value is -0.960.